The molecule has 8 nitrogen and oxygen atoms in total. The third kappa shape index (κ3) is 3.79. The van der Waals surface area contributed by atoms with E-state index in [0.717, 1.165) is 32.2 Å². The SMILES string of the molecule is CCC1CCCCN1c1ncnc(Nc2ccc(Cl)cn2)c1[N+](=O)[O-]. The molecular formula is C16H19ClN6O2. The summed E-state index contributed by atoms with van der Waals surface area (Å²) in [6.07, 6.45) is 6.88. The van der Waals surface area contributed by atoms with Gasteiger partial charge < -0.3 is 10.2 Å². The topological polar surface area (TPSA) is 97.1 Å². The summed E-state index contributed by atoms with van der Waals surface area (Å²) < 4.78 is 0. The van der Waals surface area contributed by atoms with Crippen LogP contribution in [0.4, 0.5) is 23.1 Å². The fourth-order valence-electron chi connectivity index (χ4n) is 3.11. The highest BCUT2D eigenvalue weighted by molar-refractivity contribution is 6.30. The fourth-order valence-corrected chi connectivity index (χ4v) is 3.23. The number of nitro groups is 1. The molecule has 0 radical (unpaired) electrons. The van der Waals surface area contributed by atoms with Gasteiger partial charge in [-0.2, -0.15) is 0 Å². The molecule has 1 aliphatic rings. The summed E-state index contributed by atoms with van der Waals surface area (Å²) in [5.74, 6) is 0.927. The number of nitrogens with one attached hydrogen (secondary N) is 1. The quantitative estimate of drug-likeness (QED) is 0.635. The number of pyridine rings is 1. The minimum absolute atomic E-state index is 0.125. The van der Waals surface area contributed by atoms with Gasteiger partial charge in [0.05, 0.1) is 9.95 Å². The summed E-state index contributed by atoms with van der Waals surface area (Å²) >= 11 is 5.82. The molecular weight excluding hydrogens is 344 g/mol. The van der Waals surface area contributed by atoms with Crippen LogP contribution in [0.15, 0.2) is 24.7 Å². The summed E-state index contributed by atoms with van der Waals surface area (Å²) in [5.41, 5.74) is -0.125. The Morgan fingerprint density at radius 1 is 1.36 bits per heavy atom. The van der Waals surface area contributed by atoms with Gasteiger partial charge in [0.1, 0.15) is 12.1 Å². The first-order chi connectivity index (χ1) is 12.1. The van der Waals surface area contributed by atoms with Crippen molar-refractivity contribution < 1.29 is 4.92 Å². The van der Waals surface area contributed by atoms with Gasteiger partial charge in [-0.15, -0.1) is 0 Å². The van der Waals surface area contributed by atoms with E-state index < -0.39 is 4.92 Å². The first-order valence-corrected chi connectivity index (χ1v) is 8.62. The molecule has 2 aromatic rings. The van der Waals surface area contributed by atoms with Gasteiger partial charge in [-0.25, -0.2) is 15.0 Å². The Bertz CT molecular complexity index is 755. The maximum Gasteiger partial charge on any atom is 0.353 e. The molecule has 9 heteroatoms. The summed E-state index contributed by atoms with van der Waals surface area (Å²) in [6.45, 7) is 2.85. The molecule has 0 spiro atoms. The van der Waals surface area contributed by atoms with Crippen LogP contribution in [0, 0.1) is 10.1 Å². The molecule has 1 saturated heterocycles. The lowest BCUT2D eigenvalue weighted by Gasteiger charge is -2.35. The van der Waals surface area contributed by atoms with E-state index >= 15 is 0 Å². The Hall–Kier alpha value is -2.48. The van der Waals surface area contributed by atoms with Crippen molar-refractivity contribution in [2.24, 2.45) is 0 Å². The number of hydrogen-bond acceptors (Lipinski definition) is 7. The number of aromatic nitrogens is 3. The summed E-state index contributed by atoms with van der Waals surface area (Å²) in [6, 6.07) is 3.55. The number of hydrogen-bond donors (Lipinski definition) is 1. The van der Waals surface area contributed by atoms with Crippen LogP contribution in [0.1, 0.15) is 32.6 Å². The van der Waals surface area contributed by atoms with Crippen molar-refractivity contribution in [1.29, 1.82) is 0 Å². The lowest BCUT2D eigenvalue weighted by atomic mass is 10.00. The lowest BCUT2D eigenvalue weighted by molar-refractivity contribution is -0.383. The van der Waals surface area contributed by atoms with Crippen LogP contribution in [0.2, 0.25) is 5.02 Å². The molecule has 0 aromatic carbocycles. The first-order valence-electron chi connectivity index (χ1n) is 8.24. The van der Waals surface area contributed by atoms with E-state index in [1.807, 2.05) is 4.90 Å². The number of halogens is 1. The second-order valence-electron chi connectivity index (χ2n) is 5.89. The Morgan fingerprint density at radius 3 is 2.88 bits per heavy atom. The third-order valence-corrected chi connectivity index (χ3v) is 4.55. The summed E-state index contributed by atoms with van der Waals surface area (Å²) in [4.78, 5) is 25.7. The molecule has 1 unspecified atom stereocenters. The lowest BCUT2D eigenvalue weighted by Crippen LogP contribution is -2.40. The van der Waals surface area contributed by atoms with Gasteiger partial charge >= 0.3 is 5.69 Å². The number of rotatable bonds is 5. The van der Waals surface area contributed by atoms with Gasteiger partial charge in [-0.3, -0.25) is 10.1 Å². The minimum atomic E-state index is -0.436. The Balaban J connectivity index is 1.99. The van der Waals surface area contributed by atoms with Crippen LogP contribution < -0.4 is 10.2 Å². The Labute approximate surface area is 150 Å². The zero-order valence-electron chi connectivity index (χ0n) is 13.9. The van der Waals surface area contributed by atoms with Gasteiger partial charge in [0, 0.05) is 18.8 Å². The average Bonchev–Trinajstić information content (AvgIpc) is 2.63. The van der Waals surface area contributed by atoms with Gasteiger partial charge in [-0.05, 0) is 37.8 Å². The van der Waals surface area contributed by atoms with E-state index in [-0.39, 0.29) is 17.5 Å². The molecule has 0 amide bonds. The van der Waals surface area contributed by atoms with Crippen molar-refractivity contribution in [3.05, 3.63) is 39.8 Å². The largest absolute Gasteiger partial charge is 0.353 e. The monoisotopic (exact) mass is 362 g/mol. The smallest absolute Gasteiger partial charge is 0.348 e. The molecule has 1 N–H and O–H groups in total. The molecule has 25 heavy (non-hydrogen) atoms. The highest BCUT2D eigenvalue weighted by Crippen LogP contribution is 2.36. The molecule has 1 aliphatic heterocycles. The zero-order chi connectivity index (χ0) is 17.8. The number of piperidine rings is 1. The molecule has 3 heterocycles. The van der Waals surface area contributed by atoms with Crippen molar-refractivity contribution in [3.8, 4) is 0 Å². The van der Waals surface area contributed by atoms with Crippen LogP contribution in [0.3, 0.4) is 0 Å². The van der Waals surface area contributed by atoms with Crippen LogP contribution in [0.25, 0.3) is 0 Å². The molecule has 0 bridgehead atoms. The van der Waals surface area contributed by atoms with Crippen molar-refractivity contribution in [2.45, 2.75) is 38.6 Å². The molecule has 132 valence electrons. The maximum absolute atomic E-state index is 11.7. The van der Waals surface area contributed by atoms with Crippen molar-refractivity contribution in [2.75, 3.05) is 16.8 Å². The fraction of sp³-hybridized carbons (Fsp3) is 0.438. The van der Waals surface area contributed by atoms with Gasteiger partial charge in [0.15, 0.2) is 0 Å². The summed E-state index contributed by atoms with van der Waals surface area (Å²) in [5, 5.41) is 15.1. The third-order valence-electron chi connectivity index (χ3n) is 4.33. The molecule has 1 fully saturated rings. The van der Waals surface area contributed by atoms with Gasteiger partial charge in [-0.1, -0.05) is 18.5 Å². The van der Waals surface area contributed by atoms with E-state index in [9.17, 15) is 10.1 Å². The predicted octanol–water partition coefficient (Wildman–Crippen LogP) is 3.95. The van der Waals surface area contributed by atoms with Crippen LogP contribution in [-0.4, -0.2) is 32.5 Å². The van der Waals surface area contributed by atoms with Crippen LogP contribution >= 0.6 is 11.6 Å². The van der Waals surface area contributed by atoms with E-state index in [1.54, 1.807) is 12.1 Å². The molecule has 2 aromatic heterocycles. The highest BCUT2D eigenvalue weighted by Gasteiger charge is 2.31. The van der Waals surface area contributed by atoms with Crippen molar-refractivity contribution in [3.63, 3.8) is 0 Å². The molecule has 1 atom stereocenters. The standard InChI is InChI=1S/C16H19ClN6O2/c1-2-12-5-3-4-8-22(12)16-14(23(24)25)15(19-10-20-16)21-13-7-6-11(17)9-18-13/h6-7,9-10,12H,2-5,8H2,1H3,(H,18,19,20,21). The predicted molar refractivity (Wildman–Crippen MR) is 96.5 cm³/mol. The van der Waals surface area contributed by atoms with E-state index in [2.05, 4.69) is 27.2 Å². The Morgan fingerprint density at radius 2 is 2.20 bits per heavy atom. The number of nitrogens with zero attached hydrogens (tertiary/aromatic N) is 5. The van der Waals surface area contributed by atoms with Crippen molar-refractivity contribution >= 4 is 34.7 Å². The molecule has 3 rings (SSSR count). The molecule has 0 saturated carbocycles. The van der Waals surface area contributed by atoms with E-state index in [4.69, 9.17) is 11.6 Å². The van der Waals surface area contributed by atoms with E-state index in [0.29, 0.717) is 16.7 Å². The normalized spacial score (nSPS) is 17.4. The second-order valence-corrected chi connectivity index (χ2v) is 6.33. The van der Waals surface area contributed by atoms with Crippen LogP contribution in [-0.2, 0) is 0 Å². The average molecular weight is 363 g/mol. The second kappa shape index (κ2) is 7.60. The van der Waals surface area contributed by atoms with E-state index in [1.165, 1.54) is 12.5 Å². The van der Waals surface area contributed by atoms with Gasteiger partial charge in [0.25, 0.3) is 0 Å². The number of anilines is 3. The highest BCUT2D eigenvalue weighted by atomic mass is 35.5. The minimum Gasteiger partial charge on any atom is -0.348 e. The van der Waals surface area contributed by atoms with Crippen LogP contribution in [0.5, 0.6) is 0 Å². The maximum atomic E-state index is 11.7. The van der Waals surface area contributed by atoms with Crippen molar-refractivity contribution in [1.82, 2.24) is 15.0 Å². The zero-order valence-corrected chi connectivity index (χ0v) is 14.6. The molecule has 0 aliphatic carbocycles. The first kappa shape index (κ1) is 17.3. The van der Waals surface area contributed by atoms with Gasteiger partial charge in [0.2, 0.25) is 11.6 Å². The Kier molecular flexibility index (Phi) is 5.28. The summed E-state index contributed by atoms with van der Waals surface area (Å²) in [7, 11) is 0.